The van der Waals surface area contributed by atoms with Crippen molar-refractivity contribution in [3.63, 3.8) is 0 Å². The Labute approximate surface area is 190 Å². The lowest BCUT2D eigenvalue weighted by atomic mass is 10.00. The fraction of sp³-hybridized carbons (Fsp3) is 0.458. The lowest BCUT2D eigenvalue weighted by Gasteiger charge is -2.30. The standard InChI is InChI=1S/C24H31N3O4S/c1-31-21-10-7-18(8-11-21)23(26-13-3-4-14-26)17-25-24(28)20-9-12-22-19(16-20)6-5-15-27(22)32(2,29)30/h7-12,16,23H,3-6,13-15,17H2,1-2H3,(H,25,28). The summed E-state index contributed by atoms with van der Waals surface area (Å²) >= 11 is 0. The zero-order valence-corrected chi connectivity index (χ0v) is 19.5. The number of amides is 1. The van der Waals surface area contributed by atoms with Crippen LogP contribution in [0.2, 0.25) is 0 Å². The molecule has 1 fully saturated rings. The largest absolute Gasteiger partial charge is 0.497 e. The minimum Gasteiger partial charge on any atom is -0.497 e. The number of rotatable bonds is 7. The third-order valence-corrected chi connectivity index (χ3v) is 7.54. The van der Waals surface area contributed by atoms with Crippen molar-refractivity contribution in [3.8, 4) is 5.75 Å². The second-order valence-electron chi connectivity index (χ2n) is 8.52. The van der Waals surface area contributed by atoms with Gasteiger partial charge in [-0.1, -0.05) is 12.1 Å². The molecule has 1 saturated heterocycles. The Hall–Kier alpha value is -2.58. The Balaban J connectivity index is 1.49. The Morgan fingerprint density at radius 2 is 1.78 bits per heavy atom. The molecule has 8 heteroatoms. The number of hydrogen-bond acceptors (Lipinski definition) is 5. The molecule has 0 aromatic heterocycles. The average Bonchev–Trinajstić information content (AvgIpc) is 3.32. The summed E-state index contributed by atoms with van der Waals surface area (Å²) in [6.07, 6.45) is 5.08. The van der Waals surface area contributed by atoms with E-state index in [1.54, 1.807) is 19.2 Å². The van der Waals surface area contributed by atoms with Crippen molar-refractivity contribution < 1.29 is 17.9 Å². The summed E-state index contributed by atoms with van der Waals surface area (Å²) in [4.78, 5) is 15.4. The Morgan fingerprint density at radius 1 is 1.06 bits per heavy atom. The monoisotopic (exact) mass is 457 g/mol. The third-order valence-electron chi connectivity index (χ3n) is 6.36. The zero-order chi connectivity index (χ0) is 22.7. The number of nitrogens with zero attached hydrogens (tertiary/aromatic N) is 2. The van der Waals surface area contributed by atoms with Crippen LogP contribution in [-0.2, 0) is 16.4 Å². The molecule has 0 spiro atoms. The maximum atomic E-state index is 13.0. The molecule has 0 bridgehead atoms. The van der Waals surface area contributed by atoms with Gasteiger partial charge in [-0.2, -0.15) is 0 Å². The number of methoxy groups -OCH3 is 1. The first-order valence-corrected chi connectivity index (χ1v) is 13.0. The highest BCUT2D eigenvalue weighted by Crippen LogP contribution is 2.30. The quantitative estimate of drug-likeness (QED) is 0.692. The van der Waals surface area contributed by atoms with Gasteiger partial charge in [0.05, 0.1) is 25.1 Å². The second kappa shape index (κ2) is 9.50. The minimum atomic E-state index is -3.32. The predicted molar refractivity (Wildman–Crippen MR) is 126 cm³/mol. The molecule has 2 aliphatic rings. The lowest BCUT2D eigenvalue weighted by molar-refractivity contribution is 0.0938. The van der Waals surface area contributed by atoms with E-state index < -0.39 is 10.0 Å². The summed E-state index contributed by atoms with van der Waals surface area (Å²) in [6.45, 7) is 3.04. The van der Waals surface area contributed by atoms with Gasteiger partial charge in [0.1, 0.15) is 5.75 Å². The highest BCUT2D eigenvalue weighted by atomic mass is 32.2. The number of aryl methyl sites for hydroxylation is 1. The van der Waals surface area contributed by atoms with Crippen LogP contribution in [-0.4, -0.2) is 58.8 Å². The van der Waals surface area contributed by atoms with Crippen LogP contribution < -0.4 is 14.4 Å². The van der Waals surface area contributed by atoms with Gasteiger partial charge >= 0.3 is 0 Å². The van der Waals surface area contributed by atoms with Gasteiger partial charge in [0.15, 0.2) is 0 Å². The topological polar surface area (TPSA) is 79.0 Å². The van der Waals surface area contributed by atoms with Gasteiger partial charge in [0.2, 0.25) is 10.0 Å². The van der Waals surface area contributed by atoms with Crippen LogP contribution in [0.5, 0.6) is 5.75 Å². The van der Waals surface area contributed by atoms with E-state index in [9.17, 15) is 13.2 Å². The fourth-order valence-electron chi connectivity index (χ4n) is 4.68. The average molecular weight is 458 g/mol. The number of benzene rings is 2. The maximum absolute atomic E-state index is 13.0. The van der Waals surface area contributed by atoms with Crippen molar-refractivity contribution in [2.45, 2.75) is 31.7 Å². The molecule has 172 valence electrons. The van der Waals surface area contributed by atoms with Crippen molar-refractivity contribution in [2.24, 2.45) is 0 Å². The predicted octanol–water partition coefficient (Wildman–Crippen LogP) is 2.97. The van der Waals surface area contributed by atoms with E-state index in [-0.39, 0.29) is 11.9 Å². The van der Waals surface area contributed by atoms with Crippen molar-refractivity contribution in [3.05, 3.63) is 59.2 Å². The fourth-order valence-corrected chi connectivity index (χ4v) is 5.67. The summed E-state index contributed by atoms with van der Waals surface area (Å²) in [5, 5.41) is 3.11. The van der Waals surface area contributed by atoms with Crippen LogP contribution in [0, 0.1) is 0 Å². The number of hydrogen-bond donors (Lipinski definition) is 1. The van der Waals surface area contributed by atoms with Crippen molar-refractivity contribution in [1.29, 1.82) is 0 Å². The summed E-state index contributed by atoms with van der Waals surface area (Å²) in [6, 6.07) is 13.4. The normalized spacial score (nSPS) is 17.6. The van der Waals surface area contributed by atoms with Gasteiger partial charge in [-0.3, -0.25) is 14.0 Å². The molecular weight excluding hydrogens is 426 g/mol. The van der Waals surface area contributed by atoms with Crippen molar-refractivity contribution >= 4 is 21.6 Å². The van der Waals surface area contributed by atoms with E-state index in [0.717, 1.165) is 42.8 Å². The number of ether oxygens (including phenoxy) is 1. The third kappa shape index (κ3) is 4.91. The maximum Gasteiger partial charge on any atom is 0.251 e. The number of carbonyl (C=O) groups excluding carboxylic acids is 1. The molecule has 0 aliphatic carbocycles. The molecule has 2 aromatic rings. The van der Waals surface area contributed by atoms with Crippen molar-refractivity contribution in [1.82, 2.24) is 10.2 Å². The van der Waals surface area contributed by atoms with Gasteiger partial charge in [-0.05, 0) is 80.2 Å². The molecule has 1 N–H and O–H groups in total. The molecule has 32 heavy (non-hydrogen) atoms. The molecule has 1 unspecified atom stereocenters. The van der Waals surface area contributed by atoms with E-state index in [1.165, 1.54) is 23.4 Å². The zero-order valence-electron chi connectivity index (χ0n) is 18.7. The first kappa shape index (κ1) is 22.6. The SMILES string of the molecule is COc1ccc(C(CNC(=O)c2ccc3c(c2)CCCN3S(C)(=O)=O)N2CCCC2)cc1. The molecule has 1 amide bonds. The van der Waals surface area contributed by atoms with E-state index in [0.29, 0.717) is 24.3 Å². The highest BCUT2D eigenvalue weighted by Gasteiger charge is 2.26. The van der Waals surface area contributed by atoms with Gasteiger partial charge in [0.25, 0.3) is 5.91 Å². The molecular formula is C24H31N3O4S. The van der Waals surface area contributed by atoms with Crippen LogP contribution >= 0.6 is 0 Å². The van der Waals surface area contributed by atoms with Crippen LogP contribution in [0.3, 0.4) is 0 Å². The van der Waals surface area contributed by atoms with Crippen LogP contribution in [0.1, 0.15) is 46.8 Å². The molecule has 2 aliphatic heterocycles. The van der Waals surface area contributed by atoms with Gasteiger partial charge in [-0.25, -0.2) is 8.42 Å². The summed E-state index contributed by atoms with van der Waals surface area (Å²) in [7, 11) is -1.67. The molecule has 0 saturated carbocycles. The second-order valence-corrected chi connectivity index (χ2v) is 10.4. The number of fused-ring (bicyclic) bond motifs is 1. The number of sulfonamides is 1. The lowest BCUT2D eigenvalue weighted by Crippen LogP contribution is -2.37. The molecule has 7 nitrogen and oxygen atoms in total. The van der Waals surface area contributed by atoms with Crippen LogP contribution in [0.4, 0.5) is 5.69 Å². The summed E-state index contributed by atoms with van der Waals surface area (Å²) in [5.74, 6) is 0.678. The van der Waals surface area contributed by atoms with Gasteiger partial charge in [0, 0.05) is 18.7 Å². The van der Waals surface area contributed by atoms with Gasteiger partial charge < -0.3 is 10.1 Å². The highest BCUT2D eigenvalue weighted by molar-refractivity contribution is 7.92. The molecule has 2 aromatic carbocycles. The van der Waals surface area contributed by atoms with E-state index >= 15 is 0 Å². The smallest absolute Gasteiger partial charge is 0.251 e. The van der Waals surface area contributed by atoms with Crippen molar-refractivity contribution in [2.75, 3.05) is 43.8 Å². The molecule has 1 atom stereocenters. The Bertz CT molecular complexity index is 1060. The summed E-state index contributed by atoms with van der Waals surface area (Å²) < 4.78 is 30.9. The van der Waals surface area contributed by atoms with E-state index in [1.807, 2.05) is 18.2 Å². The van der Waals surface area contributed by atoms with Crippen LogP contribution in [0.15, 0.2) is 42.5 Å². The summed E-state index contributed by atoms with van der Waals surface area (Å²) in [5.41, 5.74) is 3.31. The first-order valence-electron chi connectivity index (χ1n) is 11.1. The van der Waals surface area contributed by atoms with Gasteiger partial charge in [-0.15, -0.1) is 0 Å². The molecule has 4 rings (SSSR count). The van der Waals surface area contributed by atoms with Crippen LogP contribution in [0.25, 0.3) is 0 Å². The molecule has 2 heterocycles. The number of carbonyl (C=O) groups is 1. The molecule has 0 radical (unpaired) electrons. The minimum absolute atomic E-state index is 0.103. The van der Waals surface area contributed by atoms with E-state index in [2.05, 4.69) is 22.3 Å². The Kier molecular flexibility index (Phi) is 6.71. The van der Waals surface area contributed by atoms with E-state index in [4.69, 9.17) is 4.74 Å². The number of anilines is 1. The number of likely N-dealkylation sites (tertiary alicyclic amines) is 1. The first-order chi connectivity index (χ1) is 15.4. The number of nitrogens with one attached hydrogen (secondary N) is 1. The Morgan fingerprint density at radius 3 is 2.44 bits per heavy atom.